The van der Waals surface area contributed by atoms with Crippen molar-refractivity contribution in [1.29, 1.82) is 0 Å². The Morgan fingerprint density at radius 1 is 0.646 bits per heavy atom. The third kappa shape index (κ3) is 13.0. The van der Waals surface area contributed by atoms with Crippen LogP contribution in [-0.2, 0) is 27.2 Å². The SMILES string of the molecule is CC(C)OP(=O)(OC(C)C)C(=NCCN=C(NNc1ccccc1N([O-])O)P(=O)(OC(C)C)OC(C)C)NNc1ccccc1N([O-])O. The van der Waals surface area contributed by atoms with Crippen molar-refractivity contribution in [2.75, 3.05) is 34.4 Å². The summed E-state index contributed by atoms with van der Waals surface area (Å²) in [5, 5.41) is 41.6. The van der Waals surface area contributed by atoms with Gasteiger partial charge in [-0.3, -0.25) is 51.2 Å². The van der Waals surface area contributed by atoms with E-state index in [0.717, 1.165) is 0 Å². The normalized spacial score (nSPS) is 13.0. The molecule has 0 fully saturated rings. The summed E-state index contributed by atoms with van der Waals surface area (Å²) in [7, 11) is -8.27. The lowest BCUT2D eigenvalue weighted by Gasteiger charge is -2.28. The van der Waals surface area contributed by atoms with Crippen molar-refractivity contribution >= 4 is 49.1 Å². The van der Waals surface area contributed by atoms with Crippen molar-refractivity contribution in [1.82, 2.24) is 10.9 Å². The average Bonchev–Trinajstić information content (AvgIpc) is 2.96. The molecule has 2 rings (SSSR count). The molecule has 2 aromatic rings. The van der Waals surface area contributed by atoms with Crippen molar-refractivity contribution < 1.29 is 37.6 Å². The number of rotatable bonds is 19. The van der Waals surface area contributed by atoms with E-state index in [1.165, 1.54) is 36.4 Å². The standard InChI is InChI=1S/C28H46N8O10P2/c1-19(2)43-47(41,44-20(3)4)27(33-31-23-13-9-11-15-25(23)35(37)38)29-17-18-30-28(48(42,45-21(5)6)46-22(7)8)34-32-24-14-10-12-16-26(24)36(39)40/h9-16,19-22,31-32,37,39H,17-18H2,1-8H3,(H,29,33)(H,30,34)/q-2. The van der Waals surface area contributed by atoms with E-state index in [0.29, 0.717) is 0 Å². The molecule has 0 atom stereocenters. The highest BCUT2D eigenvalue weighted by atomic mass is 31.2. The number of amidine groups is 2. The molecule has 0 aromatic heterocycles. The van der Waals surface area contributed by atoms with E-state index in [1.54, 1.807) is 67.5 Å². The minimum Gasteiger partial charge on any atom is -0.733 e. The molecule has 18 nitrogen and oxygen atoms in total. The molecule has 0 saturated carbocycles. The summed E-state index contributed by atoms with van der Waals surface area (Å²) in [5.74, 6) is 0. The molecule has 0 aliphatic carbocycles. The van der Waals surface area contributed by atoms with Gasteiger partial charge in [-0.15, -0.1) is 0 Å². The highest BCUT2D eigenvalue weighted by Gasteiger charge is 2.37. The first-order chi connectivity index (χ1) is 22.5. The van der Waals surface area contributed by atoms with Gasteiger partial charge in [-0.05, 0) is 79.7 Å². The Morgan fingerprint density at radius 2 is 0.938 bits per heavy atom. The van der Waals surface area contributed by atoms with Crippen molar-refractivity contribution in [2.45, 2.75) is 79.8 Å². The third-order valence-electron chi connectivity index (χ3n) is 5.38. The molecule has 20 heteroatoms. The van der Waals surface area contributed by atoms with Crippen LogP contribution in [0.4, 0.5) is 22.7 Å². The van der Waals surface area contributed by atoms with Gasteiger partial charge in [0.1, 0.15) is 0 Å². The fourth-order valence-corrected chi connectivity index (χ4v) is 7.45. The molecule has 270 valence electrons. The van der Waals surface area contributed by atoms with Crippen molar-refractivity contribution in [3.05, 3.63) is 58.9 Å². The van der Waals surface area contributed by atoms with Gasteiger partial charge in [0, 0.05) is 0 Å². The predicted octanol–water partition coefficient (Wildman–Crippen LogP) is 6.40. The molecule has 0 aliphatic rings. The van der Waals surface area contributed by atoms with Crippen LogP contribution in [0, 0.1) is 10.4 Å². The number of para-hydroxylation sites is 4. The van der Waals surface area contributed by atoms with Crippen molar-refractivity contribution in [2.24, 2.45) is 9.98 Å². The summed E-state index contributed by atoms with van der Waals surface area (Å²) < 4.78 is 50.9. The number of hydrogen-bond donors (Lipinski definition) is 6. The Balaban J connectivity index is 2.51. The van der Waals surface area contributed by atoms with Gasteiger partial charge in [0.05, 0.1) is 60.3 Å². The minimum atomic E-state index is -4.14. The molecule has 0 amide bonds. The number of hydrogen-bond acceptors (Lipinski definition) is 16. The van der Waals surface area contributed by atoms with Crippen LogP contribution in [0.1, 0.15) is 55.4 Å². The molecule has 48 heavy (non-hydrogen) atoms. The van der Waals surface area contributed by atoms with Crippen LogP contribution in [0.2, 0.25) is 0 Å². The molecule has 6 N–H and O–H groups in total. The Bertz CT molecular complexity index is 1320. The smallest absolute Gasteiger partial charge is 0.397 e. The maximum Gasteiger partial charge on any atom is 0.397 e. The van der Waals surface area contributed by atoms with Gasteiger partial charge in [-0.25, -0.2) is 0 Å². The van der Waals surface area contributed by atoms with Crippen LogP contribution in [0.15, 0.2) is 58.5 Å². The first kappa shape index (κ1) is 40.9. The maximum absolute atomic E-state index is 14.1. The molecule has 0 bridgehead atoms. The number of anilines is 4. The van der Waals surface area contributed by atoms with Gasteiger partial charge >= 0.3 is 15.2 Å². The summed E-state index contributed by atoms with van der Waals surface area (Å²) in [4.78, 5) is 8.78. The zero-order valence-electron chi connectivity index (χ0n) is 28.2. The molecule has 0 unspecified atom stereocenters. The van der Waals surface area contributed by atoms with E-state index >= 15 is 0 Å². The monoisotopic (exact) mass is 716 g/mol. The first-order valence-corrected chi connectivity index (χ1v) is 18.1. The maximum atomic E-state index is 14.1. The topological polar surface area (TPSA) is 237 Å². The van der Waals surface area contributed by atoms with Crippen LogP contribution in [-0.4, -0.2) is 59.1 Å². The number of aliphatic imine (C=N–C) groups is 2. The zero-order chi connectivity index (χ0) is 36.1. The van der Waals surface area contributed by atoms with Crippen LogP contribution < -0.4 is 32.2 Å². The van der Waals surface area contributed by atoms with Crippen LogP contribution >= 0.6 is 15.2 Å². The van der Waals surface area contributed by atoms with E-state index in [-0.39, 0.29) is 57.4 Å². The molecule has 0 spiro atoms. The summed E-state index contributed by atoms with van der Waals surface area (Å²) in [6.45, 7) is 12.9. The van der Waals surface area contributed by atoms with Crippen molar-refractivity contribution in [3.63, 3.8) is 0 Å². The summed E-state index contributed by atoms with van der Waals surface area (Å²) in [6.07, 6.45) is -2.21. The lowest BCUT2D eigenvalue weighted by atomic mass is 10.3. The van der Waals surface area contributed by atoms with Crippen molar-refractivity contribution in [3.8, 4) is 0 Å². The molecule has 0 radical (unpaired) electrons. The van der Waals surface area contributed by atoms with E-state index < -0.39 is 39.6 Å². The molecular formula is C28H46N8O10P2-2. The second kappa shape index (κ2) is 19.0. The lowest BCUT2D eigenvalue weighted by Crippen LogP contribution is -2.34. The van der Waals surface area contributed by atoms with Gasteiger partial charge in [0.2, 0.25) is 11.2 Å². The molecule has 0 aliphatic heterocycles. The molecule has 0 heterocycles. The summed E-state index contributed by atoms with van der Waals surface area (Å²) >= 11 is 0. The fourth-order valence-electron chi connectivity index (χ4n) is 3.80. The number of nitrogens with one attached hydrogen (secondary N) is 4. The fraction of sp³-hybridized carbons (Fsp3) is 0.500. The zero-order valence-corrected chi connectivity index (χ0v) is 30.0. The van der Waals surface area contributed by atoms with Crippen LogP contribution in [0.5, 0.6) is 0 Å². The van der Waals surface area contributed by atoms with Gasteiger partial charge < -0.3 is 39.0 Å². The van der Waals surface area contributed by atoms with Crippen LogP contribution in [0.25, 0.3) is 0 Å². The van der Waals surface area contributed by atoms with Gasteiger partial charge in [0.25, 0.3) is 0 Å². The van der Waals surface area contributed by atoms with Gasteiger partial charge in [-0.1, -0.05) is 24.3 Å². The van der Waals surface area contributed by atoms with Gasteiger partial charge in [-0.2, -0.15) is 0 Å². The largest absolute Gasteiger partial charge is 0.733 e. The first-order valence-electron chi connectivity index (χ1n) is 15.1. The average molecular weight is 717 g/mol. The van der Waals surface area contributed by atoms with E-state index in [2.05, 4.69) is 31.7 Å². The van der Waals surface area contributed by atoms with E-state index in [4.69, 9.17) is 18.1 Å². The quantitative estimate of drug-likeness (QED) is 0.0303. The highest BCUT2D eigenvalue weighted by Crippen LogP contribution is 2.52. The summed E-state index contributed by atoms with van der Waals surface area (Å²) in [5.41, 5.74) is 10.2. The van der Waals surface area contributed by atoms with Crippen LogP contribution in [0.3, 0.4) is 0 Å². The Morgan fingerprint density at radius 3 is 1.21 bits per heavy atom. The Kier molecular flexibility index (Phi) is 16.2. The number of hydrazine groups is 2. The van der Waals surface area contributed by atoms with Gasteiger partial charge in [0.15, 0.2) is 0 Å². The predicted molar refractivity (Wildman–Crippen MR) is 186 cm³/mol. The minimum absolute atomic E-state index is 0.122. The second-order valence-corrected chi connectivity index (χ2v) is 14.8. The molecular weight excluding hydrogens is 670 g/mol. The summed E-state index contributed by atoms with van der Waals surface area (Å²) in [6, 6.07) is 11.9. The Labute approximate surface area is 280 Å². The van der Waals surface area contributed by atoms with E-state index in [1.807, 2.05) is 0 Å². The molecule has 2 aromatic carbocycles. The van der Waals surface area contributed by atoms with E-state index in [9.17, 15) is 30.0 Å². The number of nitrogens with zero attached hydrogens (tertiary/aromatic N) is 4. The number of benzene rings is 2. The lowest BCUT2D eigenvalue weighted by molar-refractivity contribution is 0.150. The Hall–Kier alpha value is -3.28. The third-order valence-corrected chi connectivity index (χ3v) is 9.72. The highest BCUT2D eigenvalue weighted by molar-refractivity contribution is 7.72. The molecule has 0 saturated heterocycles. The second-order valence-electron chi connectivity index (χ2n) is 11.1.